The zero-order valence-electron chi connectivity index (χ0n) is 16.7. The fourth-order valence-corrected chi connectivity index (χ4v) is 3.80. The molecule has 27 heavy (non-hydrogen) atoms. The SMILES string of the molecule is Cc1cc(C)c(C(=O)N2CCCC(c3nnc(CN(C)C)n3C)C2)c(=O)[nH]1. The smallest absolute Gasteiger partial charge is 0.261 e. The number of H-pyrrole nitrogens is 1. The Hall–Kier alpha value is -2.48. The predicted molar refractivity (Wildman–Crippen MR) is 103 cm³/mol. The molecule has 0 bridgehead atoms. The van der Waals surface area contributed by atoms with Gasteiger partial charge in [-0.2, -0.15) is 0 Å². The average Bonchev–Trinajstić information content (AvgIpc) is 2.94. The van der Waals surface area contributed by atoms with Gasteiger partial charge in [0, 0.05) is 31.7 Å². The van der Waals surface area contributed by atoms with Crippen molar-refractivity contribution in [2.24, 2.45) is 7.05 Å². The molecule has 0 radical (unpaired) electrons. The largest absolute Gasteiger partial charge is 0.338 e. The Labute approximate surface area is 159 Å². The first-order valence-corrected chi connectivity index (χ1v) is 9.30. The number of hydrogen-bond donors (Lipinski definition) is 1. The van der Waals surface area contributed by atoms with E-state index in [9.17, 15) is 9.59 Å². The zero-order valence-corrected chi connectivity index (χ0v) is 16.7. The van der Waals surface area contributed by atoms with Crippen LogP contribution in [0.4, 0.5) is 0 Å². The summed E-state index contributed by atoms with van der Waals surface area (Å²) in [5.41, 5.74) is 1.41. The molecule has 1 aliphatic rings. The number of likely N-dealkylation sites (tertiary alicyclic amines) is 1. The monoisotopic (exact) mass is 372 g/mol. The lowest BCUT2D eigenvalue weighted by atomic mass is 9.96. The topological polar surface area (TPSA) is 87.1 Å². The fraction of sp³-hybridized carbons (Fsp3) is 0.579. The van der Waals surface area contributed by atoms with E-state index in [1.165, 1.54) is 0 Å². The molecule has 3 rings (SSSR count). The summed E-state index contributed by atoms with van der Waals surface area (Å²) in [7, 11) is 5.97. The Morgan fingerprint density at radius 3 is 2.74 bits per heavy atom. The number of pyridine rings is 1. The van der Waals surface area contributed by atoms with Crippen LogP contribution in [0.15, 0.2) is 10.9 Å². The maximum Gasteiger partial charge on any atom is 0.261 e. The number of aromatic amines is 1. The number of nitrogens with one attached hydrogen (secondary N) is 1. The molecule has 0 saturated carbocycles. The third-order valence-corrected chi connectivity index (χ3v) is 5.11. The molecule has 1 atom stereocenters. The summed E-state index contributed by atoms with van der Waals surface area (Å²) in [6.07, 6.45) is 1.84. The van der Waals surface area contributed by atoms with E-state index in [1.807, 2.05) is 45.6 Å². The van der Waals surface area contributed by atoms with Gasteiger partial charge in [-0.15, -0.1) is 10.2 Å². The molecule has 1 fully saturated rings. The Balaban J connectivity index is 1.82. The summed E-state index contributed by atoms with van der Waals surface area (Å²) < 4.78 is 2.03. The summed E-state index contributed by atoms with van der Waals surface area (Å²) in [5, 5.41) is 8.70. The number of rotatable bonds is 4. The van der Waals surface area contributed by atoms with Crippen molar-refractivity contribution in [3.63, 3.8) is 0 Å². The quantitative estimate of drug-likeness (QED) is 0.871. The molecule has 8 heteroatoms. The minimum atomic E-state index is -0.313. The first kappa shape index (κ1) is 19.3. The number of aryl methyl sites for hydroxylation is 2. The van der Waals surface area contributed by atoms with Crippen molar-refractivity contribution in [2.45, 2.75) is 39.2 Å². The highest BCUT2D eigenvalue weighted by Gasteiger charge is 2.30. The van der Waals surface area contributed by atoms with Crippen LogP contribution in [0.2, 0.25) is 0 Å². The number of carbonyl (C=O) groups excluding carboxylic acids is 1. The summed E-state index contributed by atoms with van der Waals surface area (Å²) in [4.78, 5) is 31.9. The van der Waals surface area contributed by atoms with E-state index >= 15 is 0 Å². The molecule has 0 spiro atoms. The third kappa shape index (κ3) is 3.95. The van der Waals surface area contributed by atoms with Crippen LogP contribution in [0.1, 0.15) is 52.0 Å². The Morgan fingerprint density at radius 1 is 1.33 bits per heavy atom. The molecular formula is C19H28N6O2. The Bertz CT molecular complexity index is 898. The number of carbonyl (C=O) groups is 1. The van der Waals surface area contributed by atoms with Gasteiger partial charge >= 0.3 is 0 Å². The van der Waals surface area contributed by atoms with E-state index in [0.29, 0.717) is 13.1 Å². The second-order valence-electron chi connectivity index (χ2n) is 7.70. The second-order valence-corrected chi connectivity index (χ2v) is 7.70. The van der Waals surface area contributed by atoms with Crippen LogP contribution < -0.4 is 5.56 Å². The number of nitrogens with zero attached hydrogens (tertiary/aromatic N) is 5. The van der Waals surface area contributed by atoms with Crippen LogP contribution in [0.25, 0.3) is 0 Å². The van der Waals surface area contributed by atoms with Crippen LogP contribution in [0.5, 0.6) is 0 Å². The highest BCUT2D eigenvalue weighted by atomic mass is 16.2. The van der Waals surface area contributed by atoms with Crippen LogP contribution in [0.3, 0.4) is 0 Å². The predicted octanol–water partition coefficient (Wildman–Crippen LogP) is 1.20. The van der Waals surface area contributed by atoms with E-state index in [4.69, 9.17) is 0 Å². The minimum absolute atomic E-state index is 0.126. The van der Waals surface area contributed by atoms with Crippen LogP contribution in [0, 0.1) is 13.8 Å². The van der Waals surface area contributed by atoms with E-state index in [1.54, 1.807) is 4.90 Å². The lowest BCUT2D eigenvalue weighted by molar-refractivity contribution is 0.0700. The standard InChI is InChI=1S/C19H28N6O2/c1-12-9-13(2)20-18(26)16(12)19(27)25-8-6-7-14(10-25)17-22-21-15(24(17)5)11-23(3)4/h9,14H,6-8,10-11H2,1-5H3,(H,20,26). The van der Waals surface area contributed by atoms with Crippen molar-refractivity contribution in [1.82, 2.24) is 29.5 Å². The van der Waals surface area contributed by atoms with Crippen molar-refractivity contribution in [2.75, 3.05) is 27.2 Å². The van der Waals surface area contributed by atoms with E-state index in [-0.39, 0.29) is 22.9 Å². The number of amides is 1. The van der Waals surface area contributed by atoms with Gasteiger partial charge in [-0.1, -0.05) is 0 Å². The first-order chi connectivity index (χ1) is 12.8. The van der Waals surface area contributed by atoms with Crippen molar-refractivity contribution in [3.05, 3.63) is 44.9 Å². The third-order valence-electron chi connectivity index (χ3n) is 5.11. The van der Waals surface area contributed by atoms with Gasteiger partial charge in [0.25, 0.3) is 11.5 Å². The molecular weight excluding hydrogens is 344 g/mol. The van der Waals surface area contributed by atoms with Gasteiger partial charge in [0.15, 0.2) is 0 Å². The summed E-state index contributed by atoms with van der Waals surface area (Å²) >= 11 is 0. The van der Waals surface area contributed by atoms with Gasteiger partial charge in [-0.25, -0.2) is 0 Å². The summed E-state index contributed by atoms with van der Waals surface area (Å²) in [6.45, 7) is 5.56. The van der Waals surface area contributed by atoms with Crippen molar-refractivity contribution >= 4 is 5.91 Å². The van der Waals surface area contributed by atoms with Gasteiger partial charge < -0.3 is 19.4 Å². The highest BCUT2D eigenvalue weighted by molar-refractivity contribution is 5.95. The first-order valence-electron chi connectivity index (χ1n) is 9.30. The molecule has 1 amide bonds. The van der Waals surface area contributed by atoms with E-state index in [0.717, 1.165) is 42.3 Å². The van der Waals surface area contributed by atoms with Crippen molar-refractivity contribution in [1.29, 1.82) is 0 Å². The summed E-state index contributed by atoms with van der Waals surface area (Å²) in [6, 6.07) is 1.84. The molecule has 1 N–H and O–H groups in total. The lowest BCUT2D eigenvalue weighted by Gasteiger charge is -2.32. The minimum Gasteiger partial charge on any atom is -0.338 e. The van der Waals surface area contributed by atoms with Gasteiger partial charge in [-0.05, 0) is 52.4 Å². The molecule has 1 aliphatic heterocycles. The Morgan fingerprint density at radius 2 is 2.07 bits per heavy atom. The fourth-order valence-electron chi connectivity index (χ4n) is 3.80. The highest BCUT2D eigenvalue weighted by Crippen LogP contribution is 2.27. The molecule has 0 aliphatic carbocycles. The normalized spacial score (nSPS) is 17.6. The van der Waals surface area contributed by atoms with Crippen molar-refractivity contribution in [3.8, 4) is 0 Å². The molecule has 0 aromatic carbocycles. The molecule has 2 aromatic heterocycles. The maximum absolute atomic E-state index is 13.0. The van der Waals surface area contributed by atoms with Crippen LogP contribution in [-0.4, -0.2) is 62.6 Å². The van der Waals surface area contributed by atoms with E-state index in [2.05, 4.69) is 20.1 Å². The van der Waals surface area contributed by atoms with Crippen LogP contribution in [-0.2, 0) is 13.6 Å². The Kier molecular flexibility index (Phi) is 5.46. The van der Waals surface area contributed by atoms with Crippen molar-refractivity contribution < 1.29 is 4.79 Å². The van der Waals surface area contributed by atoms with Gasteiger partial charge in [0.1, 0.15) is 17.2 Å². The molecule has 1 unspecified atom stereocenters. The number of aromatic nitrogens is 4. The average molecular weight is 372 g/mol. The van der Waals surface area contributed by atoms with Crippen LogP contribution >= 0.6 is 0 Å². The maximum atomic E-state index is 13.0. The number of hydrogen-bond acceptors (Lipinski definition) is 5. The van der Waals surface area contributed by atoms with Gasteiger partial charge in [0.2, 0.25) is 0 Å². The van der Waals surface area contributed by atoms with Gasteiger partial charge in [-0.3, -0.25) is 9.59 Å². The zero-order chi connectivity index (χ0) is 19.7. The molecule has 2 aromatic rings. The lowest BCUT2D eigenvalue weighted by Crippen LogP contribution is -2.42. The molecule has 8 nitrogen and oxygen atoms in total. The second kappa shape index (κ2) is 7.64. The molecule has 1 saturated heterocycles. The molecule has 146 valence electrons. The summed E-state index contributed by atoms with van der Waals surface area (Å²) in [5.74, 6) is 1.73. The van der Waals surface area contributed by atoms with E-state index < -0.39 is 0 Å². The van der Waals surface area contributed by atoms with Gasteiger partial charge in [0.05, 0.1) is 6.54 Å². The number of piperidine rings is 1. The molecule has 3 heterocycles.